The molecule has 0 radical (unpaired) electrons. The highest BCUT2D eigenvalue weighted by Crippen LogP contribution is 2.13. The van der Waals surface area contributed by atoms with Gasteiger partial charge in [0.2, 0.25) is 6.41 Å². The maximum Gasteiger partial charge on any atom is 0.418 e. The Morgan fingerprint density at radius 1 is 1.31 bits per heavy atom. The third kappa shape index (κ3) is 2.50. The summed E-state index contributed by atoms with van der Waals surface area (Å²) in [7, 11) is 1.57. The molecule has 0 aromatic heterocycles. The first-order valence-corrected chi connectivity index (χ1v) is 5.00. The number of para-hydroxylation sites is 1. The van der Waals surface area contributed by atoms with Crippen molar-refractivity contribution in [1.82, 2.24) is 4.90 Å². The Bertz CT molecular complexity index is 348. The van der Waals surface area contributed by atoms with Gasteiger partial charge in [0.05, 0.1) is 13.2 Å². The van der Waals surface area contributed by atoms with Crippen molar-refractivity contribution < 1.29 is 19.0 Å². The van der Waals surface area contributed by atoms with E-state index in [1.807, 2.05) is 6.07 Å². The summed E-state index contributed by atoms with van der Waals surface area (Å²) < 4.78 is 15.5. The largest absolute Gasteiger partial charge is 0.418 e. The summed E-state index contributed by atoms with van der Waals surface area (Å²) in [4.78, 5) is 12.9. The maximum absolute atomic E-state index is 11.6. The topological polar surface area (TPSA) is 48.0 Å². The van der Waals surface area contributed by atoms with Crippen LogP contribution in [0.25, 0.3) is 0 Å². The molecule has 1 aliphatic rings. The van der Waals surface area contributed by atoms with Gasteiger partial charge in [0.25, 0.3) is 0 Å². The molecule has 0 saturated carbocycles. The number of rotatable bonds is 2. The summed E-state index contributed by atoms with van der Waals surface area (Å²) in [5.41, 5.74) is 0. The molecule has 1 fully saturated rings. The van der Waals surface area contributed by atoms with Gasteiger partial charge >= 0.3 is 6.09 Å². The lowest BCUT2D eigenvalue weighted by molar-refractivity contribution is -0.127. The molecule has 5 nitrogen and oxygen atoms in total. The Balaban J connectivity index is 1.92. The van der Waals surface area contributed by atoms with Crippen LogP contribution in [0.5, 0.6) is 5.75 Å². The Morgan fingerprint density at radius 2 is 1.94 bits per heavy atom. The van der Waals surface area contributed by atoms with E-state index in [1.54, 1.807) is 31.3 Å². The number of amides is 1. The minimum absolute atomic E-state index is 0.494. The van der Waals surface area contributed by atoms with E-state index in [-0.39, 0.29) is 0 Å². The number of ether oxygens (including phenoxy) is 3. The van der Waals surface area contributed by atoms with E-state index in [1.165, 1.54) is 4.90 Å². The predicted molar refractivity (Wildman–Crippen MR) is 55.9 cm³/mol. The van der Waals surface area contributed by atoms with Crippen molar-refractivity contribution in [1.29, 1.82) is 0 Å². The van der Waals surface area contributed by atoms with Gasteiger partial charge in [0, 0.05) is 7.05 Å². The van der Waals surface area contributed by atoms with Gasteiger partial charge in [-0.1, -0.05) is 18.2 Å². The summed E-state index contributed by atoms with van der Waals surface area (Å²) in [6.45, 7) is 0.987. The molecule has 1 amide bonds. The van der Waals surface area contributed by atoms with E-state index >= 15 is 0 Å². The number of benzene rings is 1. The van der Waals surface area contributed by atoms with Gasteiger partial charge < -0.3 is 14.2 Å². The maximum atomic E-state index is 11.6. The number of carbonyl (C=O) groups excluding carboxylic acids is 1. The van der Waals surface area contributed by atoms with E-state index in [0.29, 0.717) is 19.0 Å². The van der Waals surface area contributed by atoms with Crippen molar-refractivity contribution in [3.05, 3.63) is 30.3 Å². The zero-order valence-corrected chi connectivity index (χ0v) is 8.96. The highest BCUT2D eigenvalue weighted by atomic mass is 16.7. The molecule has 1 saturated heterocycles. The fraction of sp³-hybridized carbons (Fsp3) is 0.364. The van der Waals surface area contributed by atoms with Gasteiger partial charge in [0.15, 0.2) is 0 Å². The molecule has 0 unspecified atom stereocenters. The highest BCUT2D eigenvalue weighted by molar-refractivity contribution is 5.70. The second-order valence-corrected chi connectivity index (χ2v) is 3.34. The van der Waals surface area contributed by atoms with Crippen molar-refractivity contribution in [3.8, 4) is 5.75 Å². The molecule has 1 heterocycles. The summed E-state index contributed by atoms with van der Waals surface area (Å²) in [6.07, 6.45) is -1.14. The van der Waals surface area contributed by atoms with Gasteiger partial charge in [-0.15, -0.1) is 0 Å². The molecular formula is C11H13NO4. The van der Waals surface area contributed by atoms with Gasteiger partial charge in [0.1, 0.15) is 5.75 Å². The molecule has 1 aromatic rings. The quantitative estimate of drug-likeness (QED) is 0.761. The molecule has 2 rings (SSSR count). The van der Waals surface area contributed by atoms with E-state index in [0.717, 1.165) is 0 Å². The Morgan fingerprint density at radius 3 is 2.56 bits per heavy atom. The minimum atomic E-state index is -0.642. The molecule has 0 spiro atoms. The summed E-state index contributed by atoms with van der Waals surface area (Å²) in [5.74, 6) is 0.498. The van der Waals surface area contributed by atoms with Crippen LogP contribution in [0.1, 0.15) is 0 Å². The van der Waals surface area contributed by atoms with E-state index in [4.69, 9.17) is 14.2 Å². The van der Waals surface area contributed by atoms with Gasteiger partial charge in [-0.2, -0.15) is 0 Å². The summed E-state index contributed by atoms with van der Waals surface area (Å²) in [5, 5.41) is 0. The van der Waals surface area contributed by atoms with Crippen LogP contribution in [-0.2, 0) is 9.47 Å². The monoisotopic (exact) mass is 223 g/mol. The molecule has 0 atom stereocenters. The molecule has 0 N–H and O–H groups in total. The summed E-state index contributed by atoms with van der Waals surface area (Å²) in [6, 6.07) is 8.87. The molecule has 86 valence electrons. The lowest BCUT2D eigenvalue weighted by atomic mass is 10.3. The van der Waals surface area contributed by atoms with Crippen LogP contribution in [-0.4, -0.2) is 37.7 Å². The predicted octanol–water partition coefficient (Wildman–Crippen LogP) is 1.45. The Labute approximate surface area is 93.5 Å². The molecule has 16 heavy (non-hydrogen) atoms. The molecule has 1 aliphatic heterocycles. The van der Waals surface area contributed by atoms with Crippen molar-refractivity contribution in [2.24, 2.45) is 0 Å². The van der Waals surface area contributed by atoms with Crippen LogP contribution in [0.15, 0.2) is 30.3 Å². The van der Waals surface area contributed by atoms with Crippen LogP contribution in [0, 0.1) is 0 Å². The van der Waals surface area contributed by atoms with Crippen molar-refractivity contribution >= 4 is 6.09 Å². The SMILES string of the molecule is CN(C(=O)Oc1ccccc1)C1OCCO1. The summed E-state index contributed by atoms with van der Waals surface area (Å²) >= 11 is 0. The second-order valence-electron chi connectivity index (χ2n) is 3.34. The third-order valence-corrected chi connectivity index (χ3v) is 2.16. The minimum Gasteiger partial charge on any atom is -0.410 e. The fourth-order valence-corrected chi connectivity index (χ4v) is 1.32. The first-order chi connectivity index (χ1) is 7.77. The standard InChI is InChI=1S/C11H13NO4/c1-12(11-14-7-8-15-11)10(13)16-9-5-3-2-4-6-9/h2-6,11H,7-8H2,1H3. The van der Waals surface area contributed by atoms with Crippen molar-refractivity contribution in [2.75, 3.05) is 20.3 Å². The van der Waals surface area contributed by atoms with Gasteiger partial charge in [-0.25, -0.2) is 4.79 Å². The van der Waals surface area contributed by atoms with E-state index in [2.05, 4.69) is 0 Å². The lowest BCUT2D eigenvalue weighted by Gasteiger charge is -2.21. The van der Waals surface area contributed by atoms with E-state index in [9.17, 15) is 4.79 Å². The normalized spacial score (nSPS) is 16.1. The second kappa shape index (κ2) is 4.96. The Hall–Kier alpha value is -1.59. The highest BCUT2D eigenvalue weighted by Gasteiger charge is 2.26. The zero-order chi connectivity index (χ0) is 11.4. The molecular weight excluding hydrogens is 210 g/mol. The van der Waals surface area contributed by atoms with Crippen LogP contribution in [0.4, 0.5) is 4.79 Å². The number of carbonyl (C=O) groups is 1. The first-order valence-electron chi connectivity index (χ1n) is 5.00. The van der Waals surface area contributed by atoms with Gasteiger partial charge in [-0.3, -0.25) is 4.90 Å². The number of nitrogens with zero attached hydrogens (tertiary/aromatic N) is 1. The van der Waals surface area contributed by atoms with Crippen molar-refractivity contribution in [2.45, 2.75) is 6.41 Å². The molecule has 1 aromatic carbocycles. The lowest BCUT2D eigenvalue weighted by Crippen LogP contribution is -2.39. The smallest absolute Gasteiger partial charge is 0.410 e. The van der Waals surface area contributed by atoms with Crippen LogP contribution >= 0.6 is 0 Å². The average molecular weight is 223 g/mol. The molecule has 5 heteroatoms. The molecule has 0 bridgehead atoms. The van der Waals surface area contributed by atoms with Gasteiger partial charge in [-0.05, 0) is 12.1 Å². The zero-order valence-electron chi connectivity index (χ0n) is 8.96. The van der Waals surface area contributed by atoms with Crippen LogP contribution < -0.4 is 4.74 Å². The van der Waals surface area contributed by atoms with E-state index < -0.39 is 12.5 Å². The third-order valence-electron chi connectivity index (χ3n) is 2.16. The van der Waals surface area contributed by atoms with Crippen LogP contribution in [0.3, 0.4) is 0 Å². The van der Waals surface area contributed by atoms with Crippen LogP contribution in [0.2, 0.25) is 0 Å². The number of hydrogen-bond acceptors (Lipinski definition) is 4. The Kier molecular flexibility index (Phi) is 3.38. The van der Waals surface area contributed by atoms with Crippen molar-refractivity contribution in [3.63, 3.8) is 0 Å². The molecule has 0 aliphatic carbocycles. The number of hydrogen-bond donors (Lipinski definition) is 0. The first kappa shape index (κ1) is 10.9. The fourth-order valence-electron chi connectivity index (χ4n) is 1.32. The average Bonchev–Trinajstić information content (AvgIpc) is 2.83.